The molecule has 7 heterocycles. The molecule has 5 aromatic rings. The predicted octanol–water partition coefficient (Wildman–Crippen LogP) is 5.00. The second kappa shape index (κ2) is 12.2. The number of alkyl halides is 1. The summed E-state index contributed by atoms with van der Waals surface area (Å²) in [6.07, 6.45) is 3.63. The zero-order valence-electron chi connectivity index (χ0n) is 27.5. The standard InChI is InChI=1S/C34H30ClF3N10O3S/c35-22-8-20-27(26(38)25(22)19-2-3-23(37)28-24(19)21(10-39)29(40)52-28)43-31(50-15-33-4-1-5-47(33)11-18(36)9-33)44-30(20)45-6-7-51-34(12-45)13-46(14-34)32(49)48-17-41-16-42-48/h2-3,8,16-18H,1,4-7,9,11-15,40H2/t18-,33+/m1/s1. The fraction of sp³-hybridized carbons (Fsp3) is 0.412. The van der Waals surface area contributed by atoms with Crippen molar-refractivity contribution in [2.24, 2.45) is 0 Å². The Labute approximate surface area is 303 Å². The number of benzene rings is 2. The van der Waals surface area contributed by atoms with Crippen LogP contribution >= 0.6 is 22.9 Å². The lowest BCUT2D eigenvalue weighted by Gasteiger charge is -2.53. The number of thiophene rings is 1. The number of carbonyl (C=O) groups excluding carboxylic acids is 1. The van der Waals surface area contributed by atoms with E-state index in [4.69, 9.17) is 31.8 Å². The average molecular weight is 751 g/mol. The first-order valence-corrected chi connectivity index (χ1v) is 17.9. The molecule has 0 radical (unpaired) electrons. The SMILES string of the molecule is N#Cc1c(N)sc2c(F)ccc(-c3c(Cl)cc4c(N5CCOC6(CN(C(=O)n7cncn7)C6)C5)nc(OC[C@@]56CCCN5C[C@H](F)C6)nc4c3F)c12. The van der Waals surface area contributed by atoms with Crippen molar-refractivity contribution < 1.29 is 27.4 Å². The van der Waals surface area contributed by atoms with Gasteiger partial charge in [-0.2, -0.15) is 25.0 Å². The summed E-state index contributed by atoms with van der Waals surface area (Å²) in [4.78, 5) is 31.7. The lowest BCUT2D eigenvalue weighted by atomic mass is 9.92. The van der Waals surface area contributed by atoms with Crippen molar-refractivity contribution in [1.29, 1.82) is 5.26 Å². The number of nitriles is 1. The third-order valence-corrected chi connectivity index (χ3v) is 12.0. The fourth-order valence-corrected chi connectivity index (χ4v) is 9.57. The number of hydrogen-bond acceptors (Lipinski definition) is 12. The minimum Gasteiger partial charge on any atom is -0.461 e. The van der Waals surface area contributed by atoms with Gasteiger partial charge in [-0.15, -0.1) is 11.3 Å². The first kappa shape index (κ1) is 33.1. The highest BCUT2D eigenvalue weighted by Gasteiger charge is 2.51. The molecule has 4 fully saturated rings. The van der Waals surface area contributed by atoms with Crippen molar-refractivity contribution in [1.82, 2.24) is 34.5 Å². The maximum atomic E-state index is 17.1. The predicted molar refractivity (Wildman–Crippen MR) is 186 cm³/mol. The van der Waals surface area contributed by atoms with Crippen LogP contribution in [-0.4, -0.2) is 110 Å². The summed E-state index contributed by atoms with van der Waals surface area (Å²) in [7, 11) is 0. The Kier molecular flexibility index (Phi) is 7.74. The van der Waals surface area contributed by atoms with Crippen molar-refractivity contribution in [3.05, 3.63) is 53.1 Å². The van der Waals surface area contributed by atoms with Crippen LogP contribution in [0.3, 0.4) is 0 Å². The number of carbonyl (C=O) groups is 1. The molecule has 4 aliphatic rings. The summed E-state index contributed by atoms with van der Waals surface area (Å²) in [6.45, 7) is 2.75. The van der Waals surface area contributed by atoms with Crippen LogP contribution in [0.5, 0.6) is 6.01 Å². The monoisotopic (exact) mass is 750 g/mol. The summed E-state index contributed by atoms with van der Waals surface area (Å²) < 4.78 is 60.4. The molecule has 2 aromatic carbocycles. The van der Waals surface area contributed by atoms with E-state index in [9.17, 15) is 18.8 Å². The molecule has 18 heteroatoms. The number of halogens is 4. The van der Waals surface area contributed by atoms with Crippen LogP contribution in [0.4, 0.5) is 28.8 Å². The molecule has 13 nitrogen and oxygen atoms in total. The number of likely N-dealkylation sites (tertiary alicyclic amines) is 1. The molecule has 4 aliphatic heterocycles. The van der Waals surface area contributed by atoms with Gasteiger partial charge in [-0.3, -0.25) is 4.90 Å². The normalized spacial score (nSPS) is 22.6. The second-order valence-corrected chi connectivity index (χ2v) is 15.3. The number of ether oxygens (including phenoxy) is 2. The van der Waals surface area contributed by atoms with Crippen molar-refractivity contribution in [3.8, 4) is 23.2 Å². The summed E-state index contributed by atoms with van der Waals surface area (Å²) in [5, 5.41) is 14.4. The number of morpholine rings is 1. The zero-order valence-corrected chi connectivity index (χ0v) is 29.1. The fourth-order valence-electron chi connectivity index (χ4n) is 8.32. The number of hydrogen-bond donors (Lipinski definition) is 1. The minimum atomic E-state index is -0.973. The molecule has 1 amide bonds. The second-order valence-electron chi connectivity index (χ2n) is 13.8. The highest BCUT2D eigenvalue weighted by molar-refractivity contribution is 7.23. The number of fused-ring (bicyclic) bond motifs is 3. The number of anilines is 2. The van der Waals surface area contributed by atoms with Gasteiger partial charge in [-0.05, 0) is 37.1 Å². The molecule has 0 bridgehead atoms. The smallest absolute Gasteiger partial charge is 0.346 e. The molecule has 0 aliphatic carbocycles. The number of nitrogens with two attached hydrogens (primary N) is 1. The quantitative estimate of drug-likeness (QED) is 0.258. The molecule has 9 rings (SSSR count). The summed E-state index contributed by atoms with van der Waals surface area (Å²) in [6, 6.07) is 5.69. The highest BCUT2D eigenvalue weighted by atomic mass is 35.5. The van der Waals surface area contributed by atoms with Crippen LogP contribution in [0.1, 0.15) is 24.8 Å². The van der Waals surface area contributed by atoms with Gasteiger partial charge < -0.3 is 25.0 Å². The van der Waals surface area contributed by atoms with E-state index in [-0.39, 0.29) is 74.1 Å². The van der Waals surface area contributed by atoms with Crippen LogP contribution in [0.2, 0.25) is 5.02 Å². The topological polar surface area (TPSA) is 152 Å². The van der Waals surface area contributed by atoms with Gasteiger partial charge in [0.1, 0.15) is 59.3 Å². The van der Waals surface area contributed by atoms with E-state index in [0.29, 0.717) is 43.9 Å². The summed E-state index contributed by atoms with van der Waals surface area (Å²) in [5.41, 5.74) is 4.86. The first-order chi connectivity index (χ1) is 25.1. The number of nitrogens with zero attached hydrogens (tertiary/aromatic N) is 9. The van der Waals surface area contributed by atoms with Crippen molar-refractivity contribution >= 4 is 60.8 Å². The van der Waals surface area contributed by atoms with Gasteiger partial charge in [0.2, 0.25) is 0 Å². The Morgan fingerprint density at radius 3 is 2.87 bits per heavy atom. The Morgan fingerprint density at radius 1 is 1.23 bits per heavy atom. The Bertz CT molecular complexity index is 2310. The van der Waals surface area contributed by atoms with E-state index < -0.39 is 28.9 Å². The average Bonchev–Trinajstić information content (AvgIpc) is 3.91. The third-order valence-electron chi connectivity index (χ3n) is 10.7. The van der Waals surface area contributed by atoms with Crippen molar-refractivity contribution in [2.45, 2.75) is 36.6 Å². The molecular formula is C34H30ClF3N10O3S. The van der Waals surface area contributed by atoms with E-state index in [2.05, 4.69) is 20.0 Å². The van der Waals surface area contributed by atoms with Gasteiger partial charge in [0.25, 0.3) is 0 Å². The van der Waals surface area contributed by atoms with Crippen LogP contribution < -0.4 is 15.4 Å². The van der Waals surface area contributed by atoms with Gasteiger partial charge in [-0.1, -0.05) is 17.7 Å². The van der Waals surface area contributed by atoms with E-state index in [1.54, 1.807) is 11.0 Å². The van der Waals surface area contributed by atoms with E-state index in [1.165, 1.54) is 24.8 Å². The molecule has 0 saturated carbocycles. The van der Waals surface area contributed by atoms with Crippen molar-refractivity contribution in [3.63, 3.8) is 0 Å². The van der Waals surface area contributed by atoms with Crippen LogP contribution in [-0.2, 0) is 4.74 Å². The number of aromatic nitrogens is 5. The molecule has 1 spiro atoms. The third kappa shape index (κ3) is 5.14. The van der Waals surface area contributed by atoms with Gasteiger partial charge in [-0.25, -0.2) is 22.9 Å². The van der Waals surface area contributed by atoms with Gasteiger partial charge in [0.15, 0.2) is 5.82 Å². The number of amides is 1. The lowest BCUT2D eigenvalue weighted by Crippen LogP contribution is -2.71. The molecule has 0 unspecified atom stereocenters. The zero-order chi connectivity index (χ0) is 35.9. The first-order valence-electron chi connectivity index (χ1n) is 16.7. The van der Waals surface area contributed by atoms with Crippen LogP contribution in [0.15, 0.2) is 30.9 Å². The Morgan fingerprint density at radius 2 is 2.08 bits per heavy atom. The van der Waals surface area contributed by atoms with Crippen LogP contribution in [0, 0.1) is 23.0 Å². The molecular weight excluding hydrogens is 721 g/mol. The molecule has 2 N–H and O–H groups in total. The van der Waals surface area contributed by atoms with E-state index >= 15 is 4.39 Å². The molecule has 268 valence electrons. The molecule has 52 heavy (non-hydrogen) atoms. The van der Waals surface area contributed by atoms with Gasteiger partial charge in [0, 0.05) is 35.8 Å². The number of rotatable bonds is 5. The van der Waals surface area contributed by atoms with Crippen LogP contribution in [0.25, 0.3) is 32.1 Å². The largest absolute Gasteiger partial charge is 0.461 e. The summed E-state index contributed by atoms with van der Waals surface area (Å²) in [5.74, 6) is -1.08. The van der Waals surface area contributed by atoms with E-state index in [1.807, 2.05) is 11.0 Å². The molecule has 4 saturated heterocycles. The Balaban J connectivity index is 1.13. The maximum Gasteiger partial charge on any atom is 0.346 e. The maximum absolute atomic E-state index is 17.1. The Hall–Kier alpha value is -4.76. The van der Waals surface area contributed by atoms with E-state index in [0.717, 1.165) is 35.4 Å². The molecule has 3 aromatic heterocycles. The van der Waals surface area contributed by atoms with Gasteiger partial charge >= 0.3 is 12.0 Å². The van der Waals surface area contributed by atoms with Gasteiger partial charge in [0.05, 0.1) is 47.1 Å². The highest BCUT2D eigenvalue weighted by Crippen LogP contribution is 2.46. The van der Waals surface area contributed by atoms with Crippen molar-refractivity contribution in [2.75, 3.05) is 63.1 Å². The number of nitrogen functional groups attached to an aromatic ring is 1. The molecule has 2 atom stereocenters. The summed E-state index contributed by atoms with van der Waals surface area (Å²) >= 11 is 7.78. The lowest BCUT2D eigenvalue weighted by molar-refractivity contribution is -0.133. The minimum absolute atomic E-state index is 0.0123.